The molecule has 0 spiro atoms. The Morgan fingerprint density at radius 1 is 1.42 bits per heavy atom. The molecular formula is C19H24N2OS2. The summed E-state index contributed by atoms with van der Waals surface area (Å²) < 4.78 is 2.90. The highest BCUT2D eigenvalue weighted by molar-refractivity contribution is 7.78. The molecule has 0 unspecified atom stereocenters. The first-order chi connectivity index (χ1) is 11.3. The van der Waals surface area contributed by atoms with Crippen LogP contribution in [0.2, 0.25) is 0 Å². The quantitative estimate of drug-likeness (QED) is 0.423. The van der Waals surface area contributed by atoms with Gasteiger partial charge in [-0.1, -0.05) is 32.7 Å². The molecule has 1 aromatic heterocycles. The minimum Gasteiger partial charge on any atom is -0.399 e. The van der Waals surface area contributed by atoms with Crippen LogP contribution in [0.1, 0.15) is 53.6 Å². The van der Waals surface area contributed by atoms with Crippen molar-refractivity contribution in [3.8, 4) is 10.4 Å². The molecule has 1 heterocycles. The van der Waals surface area contributed by atoms with Crippen molar-refractivity contribution in [2.24, 2.45) is 5.41 Å². The van der Waals surface area contributed by atoms with Gasteiger partial charge in [-0.05, 0) is 60.4 Å². The molecule has 1 aliphatic carbocycles. The standard InChI is InChI=1S/C19H24N2OS2/c1-11(22)17-15-9-19(2,3)7-6-16(15)24-18(17)14-5-4-13(20)8-12(14)10-21-23/h4-5,8,21,23H,6-7,9-10,20H2,1-3H3. The molecule has 128 valence electrons. The van der Waals surface area contributed by atoms with Gasteiger partial charge in [-0.2, -0.15) is 0 Å². The number of fused-ring (bicyclic) bond motifs is 1. The maximum absolute atomic E-state index is 12.5. The van der Waals surface area contributed by atoms with E-state index in [1.807, 2.05) is 18.2 Å². The van der Waals surface area contributed by atoms with E-state index in [0.717, 1.165) is 40.1 Å². The Morgan fingerprint density at radius 3 is 2.83 bits per heavy atom. The summed E-state index contributed by atoms with van der Waals surface area (Å²) in [5.41, 5.74) is 11.3. The Bertz CT molecular complexity index is 793. The number of nitrogens with one attached hydrogen (secondary N) is 1. The third-order valence-corrected chi connectivity index (χ3v) is 6.25. The van der Waals surface area contributed by atoms with Gasteiger partial charge in [0.1, 0.15) is 0 Å². The molecule has 0 radical (unpaired) electrons. The van der Waals surface area contributed by atoms with Gasteiger partial charge >= 0.3 is 0 Å². The van der Waals surface area contributed by atoms with Gasteiger partial charge in [-0.3, -0.25) is 9.52 Å². The van der Waals surface area contributed by atoms with Crippen LogP contribution >= 0.6 is 24.2 Å². The molecule has 5 heteroatoms. The van der Waals surface area contributed by atoms with Crippen LogP contribution in [0.4, 0.5) is 5.69 Å². The van der Waals surface area contributed by atoms with Crippen LogP contribution in [-0.2, 0) is 19.4 Å². The monoisotopic (exact) mass is 360 g/mol. The number of ketones is 1. The number of hydrogen-bond donors (Lipinski definition) is 3. The number of nitrogen functional groups attached to an aromatic ring is 1. The number of carbonyl (C=O) groups excluding carboxylic acids is 1. The number of carbonyl (C=O) groups is 1. The van der Waals surface area contributed by atoms with Crippen LogP contribution in [-0.4, -0.2) is 5.78 Å². The van der Waals surface area contributed by atoms with E-state index >= 15 is 0 Å². The lowest BCUT2D eigenvalue weighted by Gasteiger charge is -2.29. The average Bonchev–Trinajstić information content (AvgIpc) is 2.84. The van der Waals surface area contributed by atoms with Crippen LogP contribution in [0.25, 0.3) is 10.4 Å². The molecule has 2 aromatic rings. The van der Waals surface area contributed by atoms with Gasteiger partial charge in [0, 0.05) is 27.5 Å². The molecule has 1 aliphatic rings. The summed E-state index contributed by atoms with van der Waals surface area (Å²) in [5.74, 6) is 0.154. The van der Waals surface area contributed by atoms with E-state index in [1.165, 1.54) is 16.9 Å². The fourth-order valence-electron chi connectivity index (χ4n) is 3.55. The van der Waals surface area contributed by atoms with Crippen molar-refractivity contribution in [3.63, 3.8) is 0 Å². The molecule has 0 saturated carbocycles. The zero-order valence-electron chi connectivity index (χ0n) is 14.4. The molecule has 0 atom stereocenters. The first-order valence-electron chi connectivity index (χ1n) is 8.23. The number of hydrogen-bond acceptors (Lipinski definition) is 5. The maximum Gasteiger partial charge on any atom is 0.161 e. The molecule has 0 fully saturated rings. The van der Waals surface area contributed by atoms with E-state index in [2.05, 4.69) is 31.4 Å². The van der Waals surface area contributed by atoms with Crippen LogP contribution in [0.3, 0.4) is 0 Å². The van der Waals surface area contributed by atoms with Gasteiger partial charge in [-0.25, -0.2) is 0 Å². The number of thiol groups is 1. The molecule has 24 heavy (non-hydrogen) atoms. The van der Waals surface area contributed by atoms with Crippen LogP contribution < -0.4 is 10.5 Å². The van der Waals surface area contributed by atoms with Crippen LogP contribution in [0.5, 0.6) is 0 Å². The molecule has 0 saturated heterocycles. The molecule has 0 amide bonds. The van der Waals surface area contributed by atoms with Gasteiger partial charge in [0.05, 0.1) is 0 Å². The maximum atomic E-state index is 12.5. The number of nitrogens with two attached hydrogens (primary N) is 1. The zero-order chi connectivity index (χ0) is 17.5. The predicted molar refractivity (Wildman–Crippen MR) is 106 cm³/mol. The topological polar surface area (TPSA) is 55.1 Å². The molecule has 3 N–H and O–H groups in total. The van der Waals surface area contributed by atoms with E-state index in [9.17, 15) is 4.79 Å². The minimum absolute atomic E-state index is 0.154. The molecular weight excluding hydrogens is 336 g/mol. The summed E-state index contributed by atoms with van der Waals surface area (Å²) in [6.07, 6.45) is 3.20. The number of Topliss-reactive ketones (excluding diaryl/α,β-unsaturated/α-hetero) is 1. The van der Waals surface area contributed by atoms with Crippen molar-refractivity contribution >= 4 is 35.6 Å². The SMILES string of the molecule is CC(=O)c1c(-c2ccc(N)cc2CNS)sc2c1CC(C)(C)CC2. The minimum atomic E-state index is 0.154. The highest BCUT2D eigenvalue weighted by atomic mass is 32.1. The zero-order valence-corrected chi connectivity index (χ0v) is 16.1. The van der Waals surface area contributed by atoms with E-state index in [0.29, 0.717) is 6.54 Å². The number of anilines is 1. The third-order valence-electron chi connectivity index (χ3n) is 4.77. The van der Waals surface area contributed by atoms with Crippen molar-refractivity contribution in [2.45, 2.75) is 46.6 Å². The van der Waals surface area contributed by atoms with Crippen molar-refractivity contribution in [1.29, 1.82) is 0 Å². The summed E-state index contributed by atoms with van der Waals surface area (Å²) >= 11 is 5.91. The summed E-state index contributed by atoms with van der Waals surface area (Å²) in [7, 11) is 0. The van der Waals surface area contributed by atoms with E-state index in [-0.39, 0.29) is 11.2 Å². The van der Waals surface area contributed by atoms with Crippen molar-refractivity contribution in [3.05, 3.63) is 39.8 Å². The highest BCUT2D eigenvalue weighted by Gasteiger charge is 2.32. The molecule has 3 rings (SSSR count). The molecule has 1 aromatic carbocycles. The first kappa shape index (κ1) is 17.5. The second-order valence-corrected chi connectivity index (χ2v) is 8.78. The number of benzene rings is 1. The fraction of sp³-hybridized carbons (Fsp3) is 0.421. The number of thiophene rings is 1. The summed E-state index contributed by atoms with van der Waals surface area (Å²) in [4.78, 5) is 14.9. The highest BCUT2D eigenvalue weighted by Crippen LogP contribution is 2.46. The van der Waals surface area contributed by atoms with Crippen molar-refractivity contribution in [1.82, 2.24) is 4.72 Å². The summed E-state index contributed by atoms with van der Waals surface area (Å²) in [6.45, 7) is 6.86. The molecule has 3 nitrogen and oxygen atoms in total. The lowest BCUT2D eigenvalue weighted by molar-refractivity contribution is 0.101. The predicted octanol–water partition coefficient (Wildman–Crippen LogP) is 4.65. The number of aryl methyl sites for hydroxylation is 1. The lowest BCUT2D eigenvalue weighted by Crippen LogP contribution is -2.22. The van der Waals surface area contributed by atoms with Gasteiger partial charge in [0.25, 0.3) is 0 Å². The lowest BCUT2D eigenvalue weighted by atomic mass is 9.75. The van der Waals surface area contributed by atoms with Gasteiger partial charge in [-0.15, -0.1) is 11.3 Å². The van der Waals surface area contributed by atoms with E-state index in [4.69, 9.17) is 5.73 Å². The normalized spacial score (nSPS) is 16.0. The largest absolute Gasteiger partial charge is 0.399 e. The second-order valence-electron chi connectivity index (χ2n) is 7.36. The van der Waals surface area contributed by atoms with Gasteiger partial charge in [0.2, 0.25) is 0 Å². The Balaban J connectivity index is 2.20. The van der Waals surface area contributed by atoms with Crippen LogP contribution in [0.15, 0.2) is 18.2 Å². The van der Waals surface area contributed by atoms with Gasteiger partial charge < -0.3 is 5.73 Å². The Hall–Kier alpha value is -1.30. The second kappa shape index (κ2) is 6.54. The van der Waals surface area contributed by atoms with E-state index < -0.39 is 0 Å². The summed E-state index contributed by atoms with van der Waals surface area (Å²) in [6, 6.07) is 5.90. The fourth-order valence-corrected chi connectivity index (χ4v) is 5.15. The van der Waals surface area contributed by atoms with Crippen LogP contribution in [0, 0.1) is 5.41 Å². The molecule has 0 aliphatic heterocycles. The van der Waals surface area contributed by atoms with Crippen molar-refractivity contribution < 1.29 is 4.79 Å². The summed E-state index contributed by atoms with van der Waals surface area (Å²) in [5, 5.41) is 0. The Kier molecular flexibility index (Phi) is 4.78. The third kappa shape index (κ3) is 3.25. The number of rotatable bonds is 4. The smallest absolute Gasteiger partial charge is 0.161 e. The first-order valence-corrected chi connectivity index (χ1v) is 9.50. The Morgan fingerprint density at radius 2 is 2.17 bits per heavy atom. The Labute approximate surface area is 153 Å². The molecule has 0 bridgehead atoms. The average molecular weight is 361 g/mol. The van der Waals surface area contributed by atoms with Gasteiger partial charge in [0.15, 0.2) is 5.78 Å². The van der Waals surface area contributed by atoms with E-state index in [1.54, 1.807) is 18.3 Å². The van der Waals surface area contributed by atoms with Crippen molar-refractivity contribution in [2.75, 3.05) is 5.73 Å².